The van der Waals surface area contributed by atoms with E-state index in [2.05, 4.69) is 20.6 Å². The molecule has 33 heavy (non-hydrogen) atoms. The van der Waals surface area contributed by atoms with Crippen LogP contribution in [0, 0.1) is 5.92 Å². The number of benzene rings is 1. The second-order valence-corrected chi connectivity index (χ2v) is 8.53. The van der Waals surface area contributed by atoms with Gasteiger partial charge in [-0.1, -0.05) is 30.0 Å². The molecule has 2 heterocycles. The summed E-state index contributed by atoms with van der Waals surface area (Å²) in [6.07, 6.45) is 1.31. The number of hydrogen-bond donors (Lipinski definition) is 2. The first kappa shape index (κ1) is 24.4. The van der Waals surface area contributed by atoms with Gasteiger partial charge in [0.05, 0.1) is 17.2 Å². The molecule has 176 valence electrons. The zero-order chi connectivity index (χ0) is 23.8. The van der Waals surface area contributed by atoms with Crippen molar-refractivity contribution in [1.82, 2.24) is 25.5 Å². The Kier molecular flexibility index (Phi) is 8.58. The maximum Gasteiger partial charge on any atom is 0.321 e. The third-order valence-electron chi connectivity index (χ3n) is 5.26. The molecule has 0 radical (unpaired) electrons. The van der Waals surface area contributed by atoms with Crippen molar-refractivity contribution < 1.29 is 23.9 Å². The number of esters is 1. The van der Waals surface area contributed by atoms with Gasteiger partial charge in [0.2, 0.25) is 5.91 Å². The summed E-state index contributed by atoms with van der Waals surface area (Å²) in [4.78, 5) is 58.7. The molecule has 3 rings (SSSR count). The Morgan fingerprint density at radius 1 is 1.18 bits per heavy atom. The summed E-state index contributed by atoms with van der Waals surface area (Å²) < 4.78 is 5.22. The standard InChI is InChI=1S/C22H27N5O5S/c1-3-23-22(31)26-19(29)14(2)32-21(30)15-8-10-27(11-9-15)18(28)12-33-20-16-6-4-5-7-17(16)24-13-25-20/h4-7,13-15H,3,8-12H2,1-2H3,(H2,23,26,29,31)/t14-/m1/s1. The number of hydrogen-bond acceptors (Lipinski definition) is 8. The predicted molar refractivity (Wildman–Crippen MR) is 122 cm³/mol. The van der Waals surface area contributed by atoms with Crippen LogP contribution in [-0.2, 0) is 19.1 Å². The first-order chi connectivity index (χ1) is 15.9. The molecule has 1 aromatic heterocycles. The van der Waals surface area contributed by atoms with Gasteiger partial charge in [-0.15, -0.1) is 0 Å². The number of rotatable bonds is 7. The smallest absolute Gasteiger partial charge is 0.321 e. The number of fused-ring (bicyclic) bond motifs is 1. The van der Waals surface area contributed by atoms with Crippen LogP contribution in [0.25, 0.3) is 10.9 Å². The molecular formula is C22H27N5O5S. The molecule has 0 aliphatic carbocycles. The van der Waals surface area contributed by atoms with Crippen LogP contribution in [0.4, 0.5) is 4.79 Å². The van der Waals surface area contributed by atoms with Crippen molar-refractivity contribution in [1.29, 1.82) is 0 Å². The Bertz CT molecular complexity index is 1020. The summed E-state index contributed by atoms with van der Waals surface area (Å²) in [5.74, 6) is -1.36. The number of amides is 4. The lowest BCUT2D eigenvalue weighted by Gasteiger charge is -2.31. The highest BCUT2D eigenvalue weighted by atomic mass is 32.2. The Labute approximate surface area is 195 Å². The van der Waals surface area contributed by atoms with Gasteiger partial charge in [0.15, 0.2) is 6.10 Å². The number of para-hydroxylation sites is 1. The van der Waals surface area contributed by atoms with E-state index in [4.69, 9.17) is 4.74 Å². The molecule has 1 atom stereocenters. The number of nitrogens with zero attached hydrogens (tertiary/aromatic N) is 3. The lowest BCUT2D eigenvalue weighted by Crippen LogP contribution is -2.46. The molecule has 1 aliphatic rings. The topological polar surface area (TPSA) is 131 Å². The van der Waals surface area contributed by atoms with E-state index in [0.29, 0.717) is 32.5 Å². The highest BCUT2D eigenvalue weighted by Crippen LogP contribution is 2.25. The maximum absolute atomic E-state index is 12.7. The maximum atomic E-state index is 12.7. The molecule has 4 amide bonds. The summed E-state index contributed by atoms with van der Waals surface area (Å²) in [6, 6.07) is 7.00. The first-order valence-corrected chi connectivity index (χ1v) is 11.8. The van der Waals surface area contributed by atoms with Gasteiger partial charge in [0.25, 0.3) is 5.91 Å². The fourth-order valence-corrected chi connectivity index (χ4v) is 4.32. The molecule has 0 bridgehead atoms. The van der Waals surface area contributed by atoms with Crippen molar-refractivity contribution in [3.05, 3.63) is 30.6 Å². The molecule has 1 aliphatic heterocycles. The first-order valence-electron chi connectivity index (χ1n) is 10.8. The van der Waals surface area contributed by atoms with Crippen LogP contribution in [0.2, 0.25) is 0 Å². The van der Waals surface area contributed by atoms with Gasteiger partial charge in [0.1, 0.15) is 11.4 Å². The third-order valence-corrected chi connectivity index (χ3v) is 6.25. The van der Waals surface area contributed by atoms with E-state index < -0.39 is 29.9 Å². The monoisotopic (exact) mass is 473 g/mol. The van der Waals surface area contributed by atoms with Gasteiger partial charge in [-0.2, -0.15) is 0 Å². The minimum Gasteiger partial charge on any atom is -0.452 e. The summed E-state index contributed by atoms with van der Waals surface area (Å²) in [5.41, 5.74) is 0.829. The Hall–Kier alpha value is -3.21. The van der Waals surface area contributed by atoms with Crippen LogP contribution in [0.15, 0.2) is 35.6 Å². The van der Waals surface area contributed by atoms with Gasteiger partial charge in [-0.05, 0) is 32.8 Å². The quantitative estimate of drug-likeness (QED) is 0.353. The van der Waals surface area contributed by atoms with Crippen molar-refractivity contribution >= 4 is 46.5 Å². The molecular weight excluding hydrogens is 446 g/mol. The number of nitrogens with one attached hydrogen (secondary N) is 2. The number of imide groups is 1. The van der Waals surface area contributed by atoms with Gasteiger partial charge < -0.3 is 15.0 Å². The minimum atomic E-state index is -1.08. The zero-order valence-corrected chi connectivity index (χ0v) is 19.4. The lowest BCUT2D eigenvalue weighted by atomic mass is 9.97. The summed E-state index contributed by atoms with van der Waals surface area (Å²) in [5, 5.41) is 6.22. The highest BCUT2D eigenvalue weighted by molar-refractivity contribution is 8.00. The van der Waals surface area contributed by atoms with Gasteiger partial charge in [-0.25, -0.2) is 14.8 Å². The SMILES string of the molecule is CCNC(=O)NC(=O)[C@@H](C)OC(=O)C1CCN(C(=O)CSc2ncnc3ccccc23)CC1. The van der Waals surface area contributed by atoms with Crippen molar-refractivity contribution in [2.24, 2.45) is 5.92 Å². The Morgan fingerprint density at radius 2 is 1.91 bits per heavy atom. The molecule has 10 nitrogen and oxygen atoms in total. The molecule has 0 saturated carbocycles. The van der Waals surface area contributed by atoms with Crippen molar-refractivity contribution in [3.63, 3.8) is 0 Å². The average Bonchev–Trinajstić information content (AvgIpc) is 2.82. The predicted octanol–water partition coefficient (Wildman–Crippen LogP) is 1.74. The van der Waals surface area contributed by atoms with Crippen LogP contribution >= 0.6 is 11.8 Å². The summed E-state index contributed by atoms with van der Waals surface area (Å²) in [6.45, 7) is 4.38. The number of thioether (sulfide) groups is 1. The second kappa shape index (κ2) is 11.6. The largest absolute Gasteiger partial charge is 0.452 e. The summed E-state index contributed by atoms with van der Waals surface area (Å²) in [7, 11) is 0. The van der Waals surface area contributed by atoms with Crippen molar-refractivity contribution in [2.45, 2.75) is 37.8 Å². The minimum absolute atomic E-state index is 0.0239. The average molecular weight is 474 g/mol. The normalized spacial score (nSPS) is 15.0. The molecule has 11 heteroatoms. The van der Waals surface area contributed by atoms with E-state index in [1.165, 1.54) is 25.0 Å². The Balaban J connectivity index is 1.44. The van der Waals surface area contributed by atoms with E-state index in [1.807, 2.05) is 24.3 Å². The summed E-state index contributed by atoms with van der Waals surface area (Å²) >= 11 is 1.37. The molecule has 2 aromatic rings. The number of urea groups is 1. The fraction of sp³-hybridized carbons (Fsp3) is 0.455. The molecule has 0 unspecified atom stereocenters. The fourth-order valence-electron chi connectivity index (χ4n) is 3.42. The van der Waals surface area contributed by atoms with Crippen LogP contribution in [0.3, 0.4) is 0 Å². The number of carbonyl (C=O) groups excluding carboxylic acids is 4. The number of likely N-dealkylation sites (tertiary alicyclic amines) is 1. The van der Waals surface area contributed by atoms with Crippen LogP contribution < -0.4 is 10.6 Å². The van der Waals surface area contributed by atoms with Gasteiger partial charge >= 0.3 is 12.0 Å². The third kappa shape index (κ3) is 6.64. The van der Waals surface area contributed by atoms with Crippen LogP contribution in [0.5, 0.6) is 0 Å². The van der Waals surface area contributed by atoms with E-state index in [1.54, 1.807) is 11.8 Å². The van der Waals surface area contributed by atoms with E-state index in [0.717, 1.165) is 15.9 Å². The zero-order valence-electron chi connectivity index (χ0n) is 18.6. The lowest BCUT2D eigenvalue weighted by molar-refractivity contribution is -0.160. The Morgan fingerprint density at radius 3 is 2.64 bits per heavy atom. The van der Waals surface area contributed by atoms with E-state index in [-0.39, 0.29) is 11.7 Å². The van der Waals surface area contributed by atoms with Crippen LogP contribution in [0.1, 0.15) is 26.7 Å². The van der Waals surface area contributed by atoms with Gasteiger partial charge in [-0.3, -0.25) is 19.7 Å². The van der Waals surface area contributed by atoms with E-state index >= 15 is 0 Å². The van der Waals surface area contributed by atoms with Gasteiger partial charge in [0, 0.05) is 25.0 Å². The molecule has 1 saturated heterocycles. The number of carbonyl (C=O) groups is 4. The second-order valence-electron chi connectivity index (χ2n) is 7.57. The van der Waals surface area contributed by atoms with Crippen LogP contribution in [-0.4, -0.2) is 70.2 Å². The molecule has 1 aromatic carbocycles. The molecule has 0 spiro atoms. The number of aromatic nitrogens is 2. The molecule has 1 fully saturated rings. The highest BCUT2D eigenvalue weighted by Gasteiger charge is 2.30. The molecule has 2 N–H and O–H groups in total. The van der Waals surface area contributed by atoms with Crippen molar-refractivity contribution in [2.75, 3.05) is 25.4 Å². The van der Waals surface area contributed by atoms with Crippen molar-refractivity contribution in [3.8, 4) is 0 Å². The van der Waals surface area contributed by atoms with E-state index in [9.17, 15) is 19.2 Å². The number of ether oxygens (including phenoxy) is 1. The number of piperidine rings is 1.